The Kier molecular flexibility index (Phi) is 5.49. The number of hydrogen-bond donors (Lipinski definition) is 2. The van der Waals surface area contributed by atoms with Crippen LogP contribution in [0.15, 0.2) is 40.6 Å². The summed E-state index contributed by atoms with van der Waals surface area (Å²) >= 11 is 1.38. The number of hydrogen-bond acceptors (Lipinski definition) is 5. The minimum atomic E-state index is -3.60. The van der Waals surface area contributed by atoms with E-state index in [1.807, 2.05) is 18.2 Å². The molecule has 0 bridgehead atoms. The molecule has 0 amide bonds. The third-order valence-electron chi connectivity index (χ3n) is 2.89. The van der Waals surface area contributed by atoms with Crippen LogP contribution in [0.4, 0.5) is 0 Å². The Morgan fingerprint density at radius 1 is 1.24 bits per heavy atom. The van der Waals surface area contributed by atoms with Crippen LogP contribution >= 0.6 is 11.3 Å². The number of sulfonamides is 1. The number of methoxy groups -OCH3 is 1. The second-order valence-electron chi connectivity index (χ2n) is 4.65. The molecule has 2 aromatic rings. The lowest BCUT2D eigenvalue weighted by Gasteiger charge is -2.06. The number of rotatable bonds is 7. The zero-order chi connectivity index (χ0) is 15.3. The number of thiophene rings is 1. The first-order valence-electron chi connectivity index (χ1n) is 6.37. The highest BCUT2D eigenvalue weighted by Gasteiger charge is 2.10. The average molecular weight is 326 g/mol. The third-order valence-corrected chi connectivity index (χ3v) is 4.87. The Balaban J connectivity index is 1.89. The maximum atomic E-state index is 11.2. The fourth-order valence-corrected chi connectivity index (χ4v) is 3.71. The van der Waals surface area contributed by atoms with Crippen LogP contribution in [0, 0.1) is 0 Å². The molecule has 0 fully saturated rings. The van der Waals surface area contributed by atoms with Gasteiger partial charge in [0.05, 0.1) is 11.5 Å². The largest absolute Gasteiger partial charge is 0.380 e. The summed E-state index contributed by atoms with van der Waals surface area (Å²) in [4.78, 5) is 1.11. The molecule has 1 aromatic heterocycles. The third kappa shape index (κ3) is 4.90. The molecule has 0 spiro atoms. The van der Waals surface area contributed by atoms with E-state index >= 15 is 0 Å². The minimum absolute atomic E-state index is 0.173. The van der Waals surface area contributed by atoms with Gasteiger partial charge < -0.3 is 10.1 Å². The zero-order valence-corrected chi connectivity index (χ0v) is 13.3. The van der Waals surface area contributed by atoms with Crippen molar-refractivity contribution in [3.63, 3.8) is 0 Å². The van der Waals surface area contributed by atoms with Gasteiger partial charge >= 0.3 is 0 Å². The lowest BCUT2D eigenvalue weighted by Crippen LogP contribution is -2.13. The Labute approximate surface area is 128 Å². The minimum Gasteiger partial charge on any atom is -0.380 e. The van der Waals surface area contributed by atoms with Crippen LogP contribution in [-0.2, 0) is 34.5 Å². The molecule has 21 heavy (non-hydrogen) atoms. The molecule has 1 heterocycles. The van der Waals surface area contributed by atoms with Crippen molar-refractivity contribution in [1.29, 1.82) is 0 Å². The van der Waals surface area contributed by atoms with Crippen molar-refractivity contribution in [2.45, 2.75) is 24.6 Å². The summed E-state index contributed by atoms with van der Waals surface area (Å²) < 4.78 is 27.5. The monoisotopic (exact) mass is 326 g/mol. The Morgan fingerprint density at radius 2 is 2.00 bits per heavy atom. The van der Waals surface area contributed by atoms with Crippen LogP contribution in [0.25, 0.3) is 0 Å². The summed E-state index contributed by atoms with van der Waals surface area (Å²) in [5.41, 5.74) is 2.29. The van der Waals surface area contributed by atoms with Crippen molar-refractivity contribution in [1.82, 2.24) is 5.32 Å². The van der Waals surface area contributed by atoms with Gasteiger partial charge in [0.2, 0.25) is 10.0 Å². The highest BCUT2D eigenvalue weighted by atomic mass is 32.2. The smallest absolute Gasteiger partial charge is 0.238 e. The summed E-state index contributed by atoms with van der Waals surface area (Å²) in [6.45, 7) is 1.91. The SMILES string of the molecule is COCc1cccc(CNCc2cc(S(N)(=O)=O)cs2)c1. The average Bonchev–Trinajstić information content (AvgIpc) is 2.88. The molecular weight excluding hydrogens is 308 g/mol. The molecule has 114 valence electrons. The molecular formula is C14H18N2O3S2. The number of ether oxygens (including phenoxy) is 1. The van der Waals surface area contributed by atoms with Crippen LogP contribution in [0.2, 0.25) is 0 Å². The first-order chi connectivity index (χ1) is 9.99. The molecule has 0 radical (unpaired) electrons. The van der Waals surface area contributed by atoms with E-state index in [0.717, 1.165) is 16.0 Å². The summed E-state index contributed by atoms with van der Waals surface area (Å²) in [5.74, 6) is 0. The number of benzene rings is 1. The quantitative estimate of drug-likeness (QED) is 0.813. The van der Waals surface area contributed by atoms with Crippen molar-refractivity contribution >= 4 is 21.4 Å². The lowest BCUT2D eigenvalue weighted by molar-refractivity contribution is 0.185. The molecule has 1 aromatic carbocycles. The van der Waals surface area contributed by atoms with E-state index in [1.54, 1.807) is 18.6 Å². The van der Waals surface area contributed by atoms with Crippen LogP contribution in [0.1, 0.15) is 16.0 Å². The Morgan fingerprint density at radius 3 is 2.67 bits per heavy atom. The number of primary sulfonamides is 1. The van der Waals surface area contributed by atoms with E-state index in [1.165, 1.54) is 11.3 Å². The van der Waals surface area contributed by atoms with Gasteiger partial charge in [0.15, 0.2) is 0 Å². The first-order valence-corrected chi connectivity index (χ1v) is 8.79. The summed E-state index contributed by atoms with van der Waals surface area (Å²) in [7, 11) is -1.93. The van der Waals surface area contributed by atoms with Gasteiger partial charge in [-0.2, -0.15) is 0 Å². The number of nitrogens with one attached hydrogen (secondary N) is 1. The van der Waals surface area contributed by atoms with Crippen molar-refractivity contribution in [2.75, 3.05) is 7.11 Å². The molecule has 0 atom stereocenters. The molecule has 0 unspecified atom stereocenters. The standard InChI is InChI=1S/C14H18N2O3S2/c1-19-9-12-4-2-3-11(5-12)7-16-8-13-6-14(10-20-13)21(15,17)18/h2-6,10,16H,7-9H2,1H3,(H2,15,17,18). The maximum Gasteiger partial charge on any atom is 0.238 e. The molecule has 7 heteroatoms. The fraction of sp³-hybridized carbons (Fsp3) is 0.286. The van der Waals surface area contributed by atoms with Crippen LogP contribution in [0.5, 0.6) is 0 Å². The number of nitrogens with two attached hydrogens (primary N) is 1. The second-order valence-corrected chi connectivity index (χ2v) is 7.21. The normalized spacial score (nSPS) is 11.7. The van der Waals surface area contributed by atoms with Crippen molar-refractivity contribution < 1.29 is 13.2 Å². The Bertz CT molecular complexity index is 696. The summed E-state index contributed by atoms with van der Waals surface area (Å²) in [6, 6.07) is 9.74. The Hall–Kier alpha value is -1.25. The molecule has 5 nitrogen and oxygen atoms in total. The molecule has 0 aliphatic heterocycles. The van der Waals surface area contributed by atoms with Crippen LogP contribution in [-0.4, -0.2) is 15.5 Å². The topological polar surface area (TPSA) is 81.4 Å². The van der Waals surface area contributed by atoms with Gasteiger partial charge in [-0.1, -0.05) is 24.3 Å². The molecule has 2 rings (SSSR count). The predicted molar refractivity (Wildman–Crippen MR) is 83.4 cm³/mol. The van der Waals surface area contributed by atoms with Crippen molar-refractivity contribution in [3.8, 4) is 0 Å². The van der Waals surface area contributed by atoms with E-state index in [4.69, 9.17) is 9.88 Å². The zero-order valence-electron chi connectivity index (χ0n) is 11.7. The van der Waals surface area contributed by atoms with Gasteiger partial charge in [-0.3, -0.25) is 0 Å². The summed E-state index contributed by atoms with van der Waals surface area (Å²) in [5, 5.41) is 9.93. The maximum absolute atomic E-state index is 11.2. The second kappa shape index (κ2) is 7.15. The van der Waals surface area contributed by atoms with E-state index in [2.05, 4.69) is 11.4 Å². The molecule has 0 saturated carbocycles. The molecule has 0 saturated heterocycles. The summed E-state index contributed by atoms with van der Waals surface area (Å²) in [6.07, 6.45) is 0. The van der Waals surface area contributed by atoms with E-state index in [-0.39, 0.29) is 4.90 Å². The first kappa shape index (κ1) is 16.1. The highest BCUT2D eigenvalue weighted by Crippen LogP contribution is 2.18. The van der Waals surface area contributed by atoms with Crippen molar-refractivity contribution in [3.05, 3.63) is 51.7 Å². The van der Waals surface area contributed by atoms with Gasteiger partial charge in [0.25, 0.3) is 0 Å². The van der Waals surface area contributed by atoms with Gasteiger partial charge in [-0.15, -0.1) is 11.3 Å². The van der Waals surface area contributed by atoms with E-state index < -0.39 is 10.0 Å². The molecule has 3 N–H and O–H groups in total. The van der Waals surface area contributed by atoms with Gasteiger partial charge in [-0.25, -0.2) is 13.6 Å². The van der Waals surface area contributed by atoms with E-state index in [9.17, 15) is 8.42 Å². The highest BCUT2D eigenvalue weighted by molar-refractivity contribution is 7.89. The van der Waals surface area contributed by atoms with Gasteiger partial charge in [0.1, 0.15) is 0 Å². The van der Waals surface area contributed by atoms with Gasteiger partial charge in [-0.05, 0) is 17.2 Å². The van der Waals surface area contributed by atoms with Crippen LogP contribution < -0.4 is 10.5 Å². The lowest BCUT2D eigenvalue weighted by atomic mass is 10.1. The molecule has 0 aliphatic rings. The predicted octanol–water partition coefficient (Wildman–Crippen LogP) is 1.83. The van der Waals surface area contributed by atoms with E-state index in [0.29, 0.717) is 19.7 Å². The van der Waals surface area contributed by atoms with Gasteiger partial charge in [0, 0.05) is 30.5 Å². The van der Waals surface area contributed by atoms with Crippen molar-refractivity contribution in [2.24, 2.45) is 5.14 Å². The fourth-order valence-electron chi connectivity index (χ4n) is 1.93. The van der Waals surface area contributed by atoms with Crippen LogP contribution in [0.3, 0.4) is 0 Å². The molecule has 0 aliphatic carbocycles.